The molecule has 1 heterocycles. The second-order valence-corrected chi connectivity index (χ2v) is 5.96. The van der Waals surface area contributed by atoms with E-state index in [0.717, 1.165) is 13.1 Å². The molecule has 1 aromatic carbocycles. The number of anilines is 1. The summed E-state index contributed by atoms with van der Waals surface area (Å²) in [4.78, 5) is 38.8. The quantitative estimate of drug-likeness (QED) is 0.796. The molecule has 1 fully saturated rings. The molecule has 0 aromatic heterocycles. The van der Waals surface area contributed by atoms with Crippen molar-refractivity contribution in [3.8, 4) is 0 Å². The largest absolute Gasteiger partial charge is 0.450 e. The van der Waals surface area contributed by atoms with E-state index in [1.54, 1.807) is 36.1 Å². The fourth-order valence-electron chi connectivity index (χ4n) is 2.64. The van der Waals surface area contributed by atoms with Gasteiger partial charge in [-0.3, -0.25) is 14.5 Å². The van der Waals surface area contributed by atoms with Crippen molar-refractivity contribution in [2.75, 3.05) is 44.6 Å². The lowest BCUT2D eigenvalue weighted by Crippen LogP contribution is -2.49. The molecule has 1 aliphatic heterocycles. The third-order valence-corrected chi connectivity index (χ3v) is 4.13. The van der Waals surface area contributed by atoms with Crippen LogP contribution in [0.1, 0.15) is 30.6 Å². The van der Waals surface area contributed by atoms with Gasteiger partial charge in [0.25, 0.3) is 0 Å². The summed E-state index contributed by atoms with van der Waals surface area (Å²) in [7, 11) is 0. The van der Waals surface area contributed by atoms with E-state index in [1.807, 2.05) is 0 Å². The minimum atomic E-state index is -0.270. The van der Waals surface area contributed by atoms with E-state index >= 15 is 0 Å². The van der Waals surface area contributed by atoms with Crippen molar-refractivity contribution in [2.24, 2.45) is 0 Å². The Morgan fingerprint density at radius 2 is 1.72 bits per heavy atom. The highest BCUT2D eigenvalue weighted by Gasteiger charge is 2.22. The first kappa shape index (κ1) is 18.9. The Kier molecular flexibility index (Phi) is 6.94. The number of ketones is 1. The van der Waals surface area contributed by atoms with Crippen molar-refractivity contribution in [1.29, 1.82) is 0 Å². The van der Waals surface area contributed by atoms with Crippen molar-refractivity contribution in [1.82, 2.24) is 9.80 Å². The third kappa shape index (κ3) is 5.86. The number of Topliss-reactive ketones (excluding diaryl/α,β-unsaturated/α-hetero) is 1. The maximum absolute atomic E-state index is 12.0. The van der Waals surface area contributed by atoms with Crippen molar-refractivity contribution in [3.05, 3.63) is 29.8 Å². The van der Waals surface area contributed by atoms with Gasteiger partial charge in [-0.2, -0.15) is 0 Å². The molecule has 1 aromatic rings. The van der Waals surface area contributed by atoms with Crippen molar-refractivity contribution in [2.45, 2.75) is 20.3 Å². The van der Waals surface area contributed by atoms with Crippen molar-refractivity contribution in [3.63, 3.8) is 0 Å². The van der Waals surface area contributed by atoms with Crippen LogP contribution in [0.4, 0.5) is 10.5 Å². The number of rotatable bonds is 6. The number of benzene rings is 1. The second-order valence-electron chi connectivity index (χ2n) is 5.96. The van der Waals surface area contributed by atoms with Gasteiger partial charge in [-0.1, -0.05) is 0 Å². The maximum atomic E-state index is 12.0. The van der Waals surface area contributed by atoms with Crippen LogP contribution < -0.4 is 5.32 Å². The molecule has 0 saturated carbocycles. The standard InChI is InChI=1S/C18H25N3O4/c1-3-25-18(24)21-12-10-20(11-13-21)9-8-17(23)19-16-6-4-15(5-7-16)14(2)22/h4-7H,3,8-13H2,1-2H3,(H,19,23). The van der Waals surface area contributed by atoms with Gasteiger partial charge in [0.15, 0.2) is 5.78 Å². The van der Waals surface area contributed by atoms with Crippen LogP contribution in [0, 0.1) is 0 Å². The molecule has 0 radical (unpaired) electrons. The van der Waals surface area contributed by atoms with E-state index in [9.17, 15) is 14.4 Å². The van der Waals surface area contributed by atoms with Gasteiger partial charge in [0, 0.05) is 50.4 Å². The Balaban J connectivity index is 1.70. The van der Waals surface area contributed by atoms with E-state index in [2.05, 4.69) is 10.2 Å². The molecule has 7 heteroatoms. The van der Waals surface area contributed by atoms with Gasteiger partial charge in [0.1, 0.15) is 0 Å². The van der Waals surface area contributed by atoms with Gasteiger partial charge in [-0.25, -0.2) is 4.79 Å². The normalized spacial score (nSPS) is 14.9. The van der Waals surface area contributed by atoms with Crippen LogP contribution in [0.15, 0.2) is 24.3 Å². The molecule has 25 heavy (non-hydrogen) atoms. The Bertz CT molecular complexity index is 607. The molecule has 1 N–H and O–H groups in total. The minimum Gasteiger partial charge on any atom is -0.450 e. The number of carbonyl (C=O) groups excluding carboxylic acids is 3. The van der Waals surface area contributed by atoms with Crippen LogP contribution >= 0.6 is 0 Å². The monoisotopic (exact) mass is 347 g/mol. The molecule has 1 saturated heterocycles. The zero-order valence-corrected chi connectivity index (χ0v) is 14.8. The number of ether oxygens (including phenoxy) is 1. The fraction of sp³-hybridized carbons (Fsp3) is 0.500. The van der Waals surface area contributed by atoms with Gasteiger partial charge in [0.05, 0.1) is 6.61 Å². The van der Waals surface area contributed by atoms with Crippen LogP contribution in [0.25, 0.3) is 0 Å². The maximum Gasteiger partial charge on any atom is 0.409 e. The Hall–Kier alpha value is -2.41. The highest BCUT2D eigenvalue weighted by atomic mass is 16.6. The lowest BCUT2D eigenvalue weighted by atomic mass is 10.1. The van der Waals surface area contributed by atoms with Crippen LogP contribution in [0.2, 0.25) is 0 Å². The molecular formula is C18H25N3O4. The Morgan fingerprint density at radius 1 is 1.08 bits per heavy atom. The summed E-state index contributed by atoms with van der Waals surface area (Å²) in [6, 6.07) is 6.86. The lowest BCUT2D eigenvalue weighted by molar-refractivity contribution is -0.116. The van der Waals surface area contributed by atoms with Crippen LogP contribution in [-0.2, 0) is 9.53 Å². The summed E-state index contributed by atoms with van der Waals surface area (Å²) < 4.78 is 4.99. The van der Waals surface area contributed by atoms with Crippen LogP contribution in [0.5, 0.6) is 0 Å². The van der Waals surface area contributed by atoms with Gasteiger partial charge in [-0.15, -0.1) is 0 Å². The second kappa shape index (κ2) is 9.17. The summed E-state index contributed by atoms with van der Waals surface area (Å²) in [5, 5.41) is 2.83. The molecule has 136 valence electrons. The Labute approximate surface area is 147 Å². The van der Waals surface area contributed by atoms with E-state index in [1.165, 1.54) is 6.92 Å². The van der Waals surface area contributed by atoms with Crippen LogP contribution in [0.3, 0.4) is 0 Å². The minimum absolute atomic E-state index is 0.000151. The first-order valence-corrected chi connectivity index (χ1v) is 8.54. The van der Waals surface area contributed by atoms with Crippen molar-refractivity contribution < 1.29 is 19.1 Å². The molecular weight excluding hydrogens is 322 g/mol. The fourth-order valence-corrected chi connectivity index (χ4v) is 2.64. The molecule has 2 rings (SSSR count). The van der Waals surface area contributed by atoms with E-state index in [-0.39, 0.29) is 17.8 Å². The van der Waals surface area contributed by atoms with Crippen molar-refractivity contribution >= 4 is 23.5 Å². The number of hydrogen-bond acceptors (Lipinski definition) is 5. The first-order chi connectivity index (χ1) is 12.0. The number of nitrogens with zero attached hydrogens (tertiary/aromatic N) is 2. The molecule has 0 spiro atoms. The number of piperazine rings is 1. The van der Waals surface area contributed by atoms with Gasteiger partial charge in [0.2, 0.25) is 5.91 Å². The molecule has 0 aliphatic carbocycles. The number of nitrogens with one attached hydrogen (secondary N) is 1. The molecule has 7 nitrogen and oxygen atoms in total. The highest BCUT2D eigenvalue weighted by molar-refractivity contribution is 5.95. The van der Waals surface area contributed by atoms with E-state index < -0.39 is 0 Å². The average Bonchev–Trinajstić information content (AvgIpc) is 2.61. The SMILES string of the molecule is CCOC(=O)N1CCN(CCC(=O)Nc2ccc(C(C)=O)cc2)CC1. The summed E-state index contributed by atoms with van der Waals surface area (Å²) >= 11 is 0. The first-order valence-electron chi connectivity index (χ1n) is 8.54. The summed E-state index contributed by atoms with van der Waals surface area (Å²) in [6.45, 7) is 7.04. The lowest BCUT2D eigenvalue weighted by Gasteiger charge is -2.33. The number of hydrogen-bond donors (Lipinski definition) is 1. The van der Waals surface area contributed by atoms with Gasteiger partial charge < -0.3 is 15.0 Å². The van der Waals surface area contributed by atoms with E-state index in [4.69, 9.17) is 4.74 Å². The Morgan fingerprint density at radius 3 is 2.28 bits per heavy atom. The number of carbonyl (C=O) groups is 3. The topological polar surface area (TPSA) is 79.0 Å². The summed E-state index contributed by atoms with van der Waals surface area (Å²) in [5.74, 6) is -0.0664. The zero-order chi connectivity index (χ0) is 18.2. The van der Waals surface area contributed by atoms with E-state index in [0.29, 0.717) is 43.9 Å². The van der Waals surface area contributed by atoms with Crippen LogP contribution in [-0.4, -0.2) is 66.9 Å². The number of amides is 2. The predicted molar refractivity (Wildman–Crippen MR) is 94.7 cm³/mol. The molecule has 0 bridgehead atoms. The molecule has 1 aliphatic rings. The highest BCUT2D eigenvalue weighted by Crippen LogP contribution is 2.11. The molecule has 0 unspecified atom stereocenters. The predicted octanol–water partition coefficient (Wildman–Crippen LogP) is 1.99. The summed E-state index contributed by atoms with van der Waals surface area (Å²) in [5.41, 5.74) is 1.31. The average molecular weight is 347 g/mol. The van der Waals surface area contributed by atoms with Gasteiger partial charge >= 0.3 is 6.09 Å². The zero-order valence-electron chi connectivity index (χ0n) is 14.8. The molecule has 2 amide bonds. The third-order valence-electron chi connectivity index (χ3n) is 4.13. The smallest absolute Gasteiger partial charge is 0.409 e. The van der Waals surface area contributed by atoms with Gasteiger partial charge in [-0.05, 0) is 38.1 Å². The summed E-state index contributed by atoms with van der Waals surface area (Å²) in [6.07, 6.45) is 0.113. The molecule has 0 atom stereocenters.